The predicted octanol–water partition coefficient (Wildman–Crippen LogP) is 1.82. The van der Waals surface area contributed by atoms with Crippen molar-refractivity contribution in [1.29, 1.82) is 0 Å². The molecule has 0 bridgehead atoms. The number of nitrogens with two attached hydrogens (primary N) is 1. The van der Waals surface area contributed by atoms with E-state index in [2.05, 4.69) is 23.3 Å². The van der Waals surface area contributed by atoms with Crippen LogP contribution in [0.4, 0.5) is 0 Å². The fourth-order valence-electron chi connectivity index (χ4n) is 3.17. The summed E-state index contributed by atoms with van der Waals surface area (Å²) < 4.78 is 5.96. The van der Waals surface area contributed by atoms with Crippen LogP contribution in [-0.4, -0.2) is 43.3 Å². The fraction of sp³-hybridized carbons (Fsp3) is 0.867. The van der Waals surface area contributed by atoms with Crippen LogP contribution in [0.3, 0.4) is 0 Å². The Morgan fingerprint density at radius 2 is 2.26 bits per heavy atom. The van der Waals surface area contributed by atoms with Crippen LogP contribution in [0, 0.1) is 0 Å². The Morgan fingerprint density at radius 3 is 3.05 bits per heavy atom. The number of allylic oxidation sites excluding steroid dienone is 1. The summed E-state index contributed by atoms with van der Waals surface area (Å²) in [4.78, 5) is 2.45. The lowest BCUT2D eigenvalue weighted by atomic mass is 9.92. The molecular formula is C15H29N3O. The molecule has 1 fully saturated rings. The van der Waals surface area contributed by atoms with E-state index in [-0.39, 0.29) is 12.1 Å². The lowest BCUT2D eigenvalue weighted by molar-refractivity contribution is -0.0394. The molecule has 3 N–H and O–H groups in total. The molecular weight excluding hydrogens is 238 g/mol. The van der Waals surface area contributed by atoms with Crippen LogP contribution in [0.2, 0.25) is 0 Å². The minimum atomic E-state index is 0.187. The first-order valence-corrected chi connectivity index (χ1v) is 7.84. The summed E-state index contributed by atoms with van der Waals surface area (Å²) in [6.45, 7) is 6.16. The van der Waals surface area contributed by atoms with Gasteiger partial charge in [0, 0.05) is 13.1 Å². The van der Waals surface area contributed by atoms with Gasteiger partial charge in [0.15, 0.2) is 0 Å². The van der Waals surface area contributed by atoms with E-state index in [1.807, 2.05) is 0 Å². The third kappa shape index (κ3) is 4.28. The van der Waals surface area contributed by atoms with E-state index >= 15 is 0 Å². The van der Waals surface area contributed by atoms with Gasteiger partial charge in [0.05, 0.1) is 18.8 Å². The van der Waals surface area contributed by atoms with E-state index < -0.39 is 0 Å². The number of likely N-dealkylation sites (N-methyl/N-ethyl adjacent to an activating group) is 1. The van der Waals surface area contributed by atoms with Crippen molar-refractivity contribution in [3.63, 3.8) is 0 Å². The van der Waals surface area contributed by atoms with Crippen LogP contribution in [0.25, 0.3) is 0 Å². The number of hydrazine groups is 1. The maximum atomic E-state index is 5.96. The Hall–Kier alpha value is -0.420. The van der Waals surface area contributed by atoms with Crippen LogP contribution in [-0.2, 0) is 4.74 Å². The Balaban J connectivity index is 2.00. The smallest absolute Gasteiger partial charge is 0.0906 e. The third-order valence-electron chi connectivity index (χ3n) is 4.40. The lowest BCUT2D eigenvalue weighted by Gasteiger charge is -2.37. The largest absolute Gasteiger partial charge is 0.374 e. The minimum absolute atomic E-state index is 0.187. The first-order valence-electron chi connectivity index (χ1n) is 7.84. The molecule has 4 nitrogen and oxygen atoms in total. The average Bonchev–Trinajstić information content (AvgIpc) is 2.42. The van der Waals surface area contributed by atoms with Gasteiger partial charge in [-0.3, -0.25) is 16.2 Å². The molecule has 1 aliphatic carbocycles. The number of ether oxygens (including phenoxy) is 1. The van der Waals surface area contributed by atoms with Crippen molar-refractivity contribution in [1.82, 2.24) is 10.3 Å². The standard InChI is InChI=1S/C15H29N3O/c1-2-18-10-11-19-14(12-18)15(17-16)13-8-6-4-3-5-7-9-13/h8,14-15,17H,2-7,9-12,16H2,1H3. The second-order valence-corrected chi connectivity index (χ2v) is 5.68. The van der Waals surface area contributed by atoms with Crippen molar-refractivity contribution in [3.8, 4) is 0 Å². The van der Waals surface area contributed by atoms with Crippen LogP contribution in [0.15, 0.2) is 11.6 Å². The highest BCUT2D eigenvalue weighted by Crippen LogP contribution is 2.23. The van der Waals surface area contributed by atoms with Crippen molar-refractivity contribution in [2.75, 3.05) is 26.2 Å². The number of morpholine rings is 1. The highest BCUT2D eigenvalue weighted by Gasteiger charge is 2.29. The molecule has 19 heavy (non-hydrogen) atoms. The van der Waals surface area contributed by atoms with Gasteiger partial charge < -0.3 is 4.74 Å². The number of hydrogen-bond donors (Lipinski definition) is 2. The van der Waals surface area contributed by atoms with E-state index in [4.69, 9.17) is 10.6 Å². The van der Waals surface area contributed by atoms with Crippen molar-refractivity contribution in [3.05, 3.63) is 11.6 Å². The van der Waals surface area contributed by atoms with E-state index in [1.54, 1.807) is 0 Å². The van der Waals surface area contributed by atoms with Gasteiger partial charge in [0.1, 0.15) is 0 Å². The molecule has 110 valence electrons. The molecule has 4 heteroatoms. The van der Waals surface area contributed by atoms with Gasteiger partial charge in [-0.1, -0.05) is 31.4 Å². The van der Waals surface area contributed by atoms with Gasteiger partial charge in [0.25, 0.3) is 0 Å². The second kappa shape index (κ2) is 8.00. The molecule has 0 amide bonds. The van der Waals surface area contributed by atoms with Crippen LogP contribution < -0.4 is 11.3 Å². The second-order valence-electron chi connectivity index (χ2n) is 5.68. The zero-order valence-electron chi connectivity index (χ0n) is 12.2. The number of rotatable bonds is 4. The number of nitrogens with one attached hydrogen (secondary N) is 1. The Morgan fingerprint density at radius 1 is 1.42 bits per heavy atom. The highest BCUT2D eigenvalue weighted by molar-refractivity contribution is 5.14. The molecule has 0 saturated carbocycles. The topological polar surface area (TPSA) is 50.5 Å². The first kappa shape index (κ1) is 15.0. The molecule has 2 rings (SSSR count). The van der Waals surface area contributed by atoms with Crippen molar-refractivity contribution in [2.24, 2.45) is 5.84 Å². The Bertz CT molecular complexity index is 293. The van der Waals surface area contributed by atoms with Crippen LogP contribution in [0.5, 0.6) is 0 Å². The molecule has 1 heterocycles. The van der Waals surface area contributed by atoms with Crippen molar-refractivity contribution < 1.29 is 4.74 Å². The van der Waals surface area contributed by atoms with E-state index in [9.17, 15) is 0 Å². The van der Waals surface area contributed by atoms with Gasteiger partial charge in [-0.15, -0.1) is 0 Å². The highest BCUT2D eigenvalue weighted by atomic mass is 16.5. The Labute approximate surface area is 117 Å². The summed E-state index contributed by atoms with van der Waals surface area (Å²) in [5.41, 5.74) is 4.48. The summed E-state index contributed by atoms with van der Waals surface area (Å²) in [5, 5.41) is 0. The van der Waals surface area contributed by atoms with Gasteiger partial charge >= 0.3 is 0 Å². The zero-order chi connectivity index (χ0) is 13.5. The molecule has 2 atom stereocenters. The summed E-state index contributed by atoms with van der Waals surface area (Å²) in [6, 6.07) is 0.187. The fourth-order valence-corrected chi connectivity index (χ4v) is 3.17. The molecule has 2 aliphatic rings. The maximum Gasteiger partial charge on any atom is 0.0906 e. The van der Waals surface area contributed by atoms with Crippen LogP contribution >= 0.6 is 0 Å². The van der Waals surface area contributed by atoms with Crippen LogP contribution in [0.1, 0.15) is 45.4 Å². The molecule has 1 aliphatic heterocycles. The normalized spacial score (nSPS) is 28.3. The SMILES string of the molecule is CCN1CCOC(C(NN)C2=CCCCCCC2)C1. The minimum Gasteiger partial charge on any atom is -0.374 e. The lowest BCUT2D eigenvalue weighted by Crippen LogP contribution is -2.54. The van der Waals surface area contributed by atoms with Gasteiger partial charge in [-0.25, -0.2) is 0 Å². The molecule has 0 aromatic rings. The third-order valence-corrected chi connectivity index (χ3v) is 4.40. The maximum absolute atomic E-state index is 5.96. The first-order chi connectivity index (χ1) is 9.35. The number of hydrogen-bond acceptors (Lipinski definition) is 4. The zero-order valence-corrected chi connectivity index (χ0v) is 12.2. The van der Waals surface area contributed by atoms with Crippen molar-refractivity contribution in [2.45, 2.75) is 57.6 Å². The van der Waals surface area contributed by atoms with E-state index in [1.165, 1.54) is 44.1 Å². The summed E-state index contributed by atoms with van der Waals surface area (Å²) in [6.07, 6.45) is 10.3. The molecule has 0 aromatic heterocycles. The van der Waals surface area contributed by atoms with Crippen molar-refractivity contribution >= 4 is 0 Å². The van der Waals surface area contributed by atoms with E-state index in [0.717, 1.165) is 26.2 Å². The molecule has 0 aromatic carbocycles. The molecule has 0 spiro atoms. The predicted molar refractivity (Wildman–Crippen MR) is 78.8 cm³/mol. The molecule has 2 unspecified atom stereocenters. The summed E-state index contributed by atoms with van der Waals surface area (Å²) in [5.74, 6) is 5.82. The van der Waals surface area contributed by atoms with Gasteiger partial charge in [-0.05, 0) is 32.2 Å². The average molecular weight is 267 g/mol. The molecule has 0 radical (unpaired) electrons. The van der Waals surface area contributed by atoms with Gasteiger partial charge in [-0.2, -0.15) is 0 Å². The summed E-state index contributed by atoms with van der Waals surface area (Å²) in [7, 11) is 0. The Kier molecular flexibility index (Phi) is 6.31. The summed E-state index contributed by atoms with van der Waals surface area (Å²) >= 11 is 0. The monoisotopic (exact) mass is 267 g/mol. The molecule has 1 saturated heterocycles. The van der Waals surface area contributed by atoms with E-state index in [0.29, 0.717) is 0 Å². The van der Waals surface area contributed by atoms with Gasteiger partial charge in [0.2, 0.25) is 0 Å². The quantitative estimate of drug-likeness (QED) is 0.463. The number of nitrogens with zero attached hydrogens (tertiary/aromatic N) is 1.